The Kier molecular flexibility index (Phi) is 3.76. The summed E-state index contributed by atoms with van der Waals surface area (Å²) < 4.78 is 43.4. The number of H-pyrrole nitrogens is 1. The molecule has 0 radical (unpaired) electrons. The molecule has 0 spiro atoms. The molecule has 21 heavy (non-hydrogen) atoms. The van der Waals surface area contributed by atoms with E-state index in [0.717, 1.165) is 6.07 Å². The van der Waals surface area contributed by atoms with Gasteiger partial charge in [0.15, 0.2) is 0 Å². The number of rotatable bonds is 3. The van der Waals surface area contributed by atoms with E-state index in [1.165, 1.54) is 26.0 Å². The predicted octanol–water partition coefficient (Wildman–Crippen LogP) is 3.24. The molecule has 0 aliphatic heterocycles. The molecule has 0 bridgehead atoms. The molecule has 1 aromatic carbocycles. The highest BCUT2D eigenvalue weighted by molar-refractivity contribution is 6.41. The third kappa shape index (κ3) is 2.63. The minimum atomic E-state index is -4.55. The Morgan fingerprint density at radius 2 is 1.95 bits per heavy atom. The zero-order valence-corrected chi connectivity index (χ0v) is 11.3. The van der Waals surface area contributed by atoms with E-state index in [-0.39, 0.29) is 28.8 Å². The molecule has 0 unspecified atom stereocenters. The van der Waals surface area contributed by atoms with Crippen LogP contribution in [0.1, 0.15) is 28.5 Å². The fraction of sp³-hybridized carbons (Fsp3) is 0.286. The monoisotopic (exact) mass is 299 g/mol. The van der Waals surface area contributed by atoms with E-state index in [9.17, 15) is 22.8 Å². The first kappa shape index (κ1) is 15.1. The van der Waals surface area contributed by atoms with Gasteiger partial charge in [0.2, 0.25) is 0 Å². The van der Waals surface area contributed by atoms with E-state index in [0.29, 0.717) is 0 Å². The number of aromatic amines is 1. The van der Waals surface area contributed by atoms with E-state index >= 15 is 0 Å². The van der Waals surface area contributed by atoms with Crippen LogP contribution in [0.5, 0.6) is 0 Å². The Morgan fingerprint density at radius 3 is 2.52 bits per heavy atom. The smallest absolute Gasteiger partial charge is 0.418 e. The maximum absolute atomic E-state index is 12.9. The molecule has 7 heteroatoms. The Balaban J connectivity index is 2.61. The van der Waals surface area contributed by atoms with E-state index in [4.69, 9.17) is 0 Å². The van der Waals surface area contributed by atoms with Crippen molar-refractivity contribution in [2.24, 2.45) is 0 Å². The third-order valence-electron chi connectivity index (χ3n) is 3.09. The molecule has 1 aromatic heterocycles. The standard InChI is InChI=1S/C14H12F3NO3/c1-3-21-13(20)12(19)10-7(2)8-5-4-6-9(11(8)18-10)14(15,16)17/h4-6,18H,3H2,1-2H3. The Morgan fingerprint density at radius 1 is 1.29 bits per heavy atom. The van der Waals surface area contributed by atoms with Crippen molar-refractivity contribution in [3.63, 3.8) is 0 Å². The summed E-state index contributed by atoms with van der Waals surface area (Å²) in [6.07, 6.45) is -4.55. The number of hydrogen-bond donors (Lipinski definition) is 1. The number of hydrogen-bond acceptors (Lipinski definition) is 3. The molecule has 0 aliphatic carbocycles. The summed E-state index contributed by atoms with van der Waals surface area (Å²) in [5.41, 5.74) is -0.990. The van der Waals surface area contributed by atoms with Crippen LogP contribution in [0.15, 0.2) is 18.2 Å². The largest absolute Gasteiger partial charge is 0.460 e. The van der Waals surface area contributed by atoms with Gasteiger partial charge >= 0.3 is 12.1 Å². The molecule has 112 valence electrons. The van der Waals surface area contributed by atoms with Gasteiger partial charge in [-0.1, -0.05) is 12.1 Å². The highest BCUT2D eigenvalue weighted by atomic mass is 19.4. The molecule has 1 heterocycles. The predicted molar refractivity (Wildman–Crippen MR) is 69.0 cm³/mol. The number of aromatic nitrogens is 1. The second kappa shape index (κ2) is 5.23. The first-order chi connectivity index (χ1) is 9.77. The van der Waals surface area contributed by atoms with Crippen LogP contribution >= 0.6 is 0 Å². The van der Waals surface area contributed by atoms with Crippen LogP contribution in [-0.2, 0) is 15.7 Å². The molecule has 0 saturated heterocycles. The molecule has 0 amide bonds. The van der Waals surface area contributed by atoms with Crippen molar-refractivity contribution in [3.8, 4) is 0 Å². The van der Waals surface area contributed by atoms with Gasteiger partial charge in [-0.2, -0.15) is 13.2 Å². The van der Waals surface area contributed by atoms with Gasteiger partial charge in [-0.25, -0.2) is 4.79 Å². The van der Waals surface area contributed by atoms with Gasteiger partial charge in [0.1, 0.15) is 0 Å². The summed E-state index contributed by atoms with van der Waals surface area (Å²) in [4.78, 5) is 25.7. The lowest BCUT2D eigenvalue weighted by molar-refractivity contribution is -0.137. The number of esters is 1. The van der Waals surface area contributed by atoms with Crippen LogP contribution in [0.25, 0.3) is 10.9 Å². The number of nitrogens with one attached hydrogen (secondary N) is 1. The van der Waals surface area contributed by atoms with Gasteiger partial charge in [0, 0.05) is 5.39 Å². The van der Waals surface area contributed by atoms with Crippen molar-refractivity contribution in [3.05, 3.63) is 35.0 Å². The summed E-state index contributed by atoms with van der Waals surface area (Å²) >= 11 is 0. The Labute approximate surface area is 117 Å². The molecule has 0 aliphatic rings. The number of para-hydroxylation sites is 1. The number of fused-ring (bicyclic) bond motifs is 1. The number of ketones is 1. The van der Waals surface area contributed by atoms with Gasteiger partial charge in [-0.05, 0) is 25.5 Å². The lowest BCUT2D eigenvalue weighted by Gasteiger charge is -2.07. The summed E-state index contributed by atoms with van der Waals surface area (Å²) in [6, 6.07) is 3.62. The van der Waals surface area contributed by atoms with Crippen molar-refractivity contribution in [1.82, 2.24) is 4.98 Å². The minimum absolute atomic E-state index is 0.0116. The second-order valence-electron chi connectivity index (χ2n) is 4.40. The number of Topliss-reactive ketones (excluding diaryl/α,β-unsaturated/α-hetero) is 1. The fourth-order valence-electron chi connectivity index (χ4n) is 2.11. The van der Waals surface area contributed by atoms with Gasteiger partial charge in [-0.3, -0.25) is 4.79 Å². The molecule has 1 N–H and O–H groups in total. The SMILES string of the molecule is CCOC(=O)C(=O)c1[nH]c2c(C(F)(F)F)cccc2c1C. The lowest BCUT2D eigenvalue weighted by atomic mass is 10.1. The van der Waals surface area contributed by atoms with Gasteiger partial charge in [0.05, 0.1) is 23.4 Å². The number of alkyl halides is 3. The molecule has 4 nitrogen and oxygen atoms in total. The number of aryl methyl sites for hydroxylation is 1. The van der Waals surface area contributed by atoms with Crippen molar-refractivity contribution in [2.45, 2.75) is 20.0 Å². The van der Waals surface area contributed by atoms with Crippen LogP contribution in [0.4, 0.5) is 13.2 Å². The number of carbonyl (C=O) groups is 2. The van der Waals surface area contributed by atoms with Crippen LogP contribution in [0, 0.1) is 6.92 Å². The maximum atomic E-state index is 12.9. The number of ether oxygens (including phenoxy) is 1. The molecule has 2 aromatic rings. The zero-order valence-electron chi connectivity index (χ0n) is 11.3. The van der Waals surface area contributed by atoms with Crippen LogP contribution < -0.4 is 0 Å². The molecule has 0 fully saturated rings. The normalized spacial score (nSPS) is 11.7. The summed E-state index contributed by atoms with van der Waals surface area (Å²) in [6.45, 7) is 3.02. The van der Waals surface area contributed by atoms with Crippen molar-refractivity contribution < 1.29 is 27.5 Å². The quantitative estimate of drug-likeness (QED) is 0.538. The molecule has 2 rings (SSSR count). The van der Waals surface area contributed by atoms with Crippen LogP contribution in [0.3, 0.4) is 0 Å². The molecule has 0 saturated carbocycles. The number of halogens is 3. The average molecular weight is 299 g/mol. The number of benzene rings is 1. The molecular weight excluding hydrogens is 287 g/mol. The van der Waals surface area contributed by atoms with E-state index < -0.39 is 23.5 Å². The number of carbonyl (C=O) groups excluding carboxylic acids is 2. The van der Waals surface area contributed by atoms with Crippen molar-refractivity contribution >= 4 is 22.7 Å². The summed E-state index contributed by atoms with van der Waals surface area (Å²) in [5, 5.41) is 0.248. The van der Waals surface area contributed by atoms with E-state index in [2.05, 4.69) is 9.72 Å². The van der Waals surface area contributed by atoms with E-state index in [1.807, 2.05) is 0 Å². The summed E-state index contributed by atoms with van der Waals surface area (Å²) in [7, 11) is 0. The van der Waals surface area contributed by atoms with Crippen LogP contribution in [-0.4, -0.2) is 23.3 Å². The highest BCUT2D eigenvalue weighted by Crippen LogP contribution is 2.36. The first-order valence-electron chi connectivity index (χ1n) is 6.17. The van der Waals surface area contributed by atoms with Gasteiger partial charge < -0.3 is 9.72 Å². The first-order valence-corrected chi connectivity index (χ1v) is 6.17. The summed E-state index contributed by atoms with van der Waals surface area (Å²) in [5.74, 6) is -2.08. The zero-order chi connectivity index (χ0) is 15.8. The molecule has 0 atom stereocenters. The van der Waals surface area contributed by atoms with Gasteiger partial charge in [0.25, 0.3) is 5.78 Å². The Bertz CT molecular complexity index is 716. The van der Waals surface area contributed by atoms with Gasteiger partial charge in [-0.15, -0.1) is 0 Å². The average Bonchev–Trinajstić information content (AvgIpc) is 2.74. The third-order valence-corrected chi connectivity index (χ3v) is 3.09. The topological polar surface area (TPSA) is 59.2 Å². The Hall–Kier alpha value is -2.31. The van der Waals surface area contributed by atoms with Crippen LogP contribution in [0.2, 0.25) is 0 Å². The highest BCUT2D eigenvalue weighted by Gasteiger charge is 2.34. The van der Waals surface area contributed by atoms with E-state index in [1.54, 1.807) is 0 Å². The van der Waals surface area contributed by atoms with Crippen molar-refractivity contribution in [2.75, 3.05) is 6.61 Å². The minimum Gasteiger partial charge on any atom is -0.460 e. The maximum Gasteiger partial charge on any atom is 0.418 e. The fourth-order valence-corrected chi connectivity index (χ4v) is 2.11. The molecular formula is C14H12F3NO3. The van der Waals surface area contributed by atoms with Crippen molar-refractivity contribution in [1.29, 1.82) is 0 Å². The second-order valence-corrected chi connectivity index (χ2v) is 4.40. The lowest BCUT2D eigenvalue weighted by Crippen LogP contribution is -2.18.